The van der Waals surface area contributed by atoms with Gasteiger partial charge in [0, 0.05) is 0 Å². The van der Waals surface area contributed by atoms with Crippen LogP contribution in [-0.4, -0.2) is 17.0 Å². The fourth-order valence-electron chi connectivity index (χ4n) is 2.28. The van der Waals surface area contributed by atoms with E-state index in [2.05, 4.69) is 43.0 Å². The summed E-state index contributed by atoms with van der Waals surface area (Å²) in [6, 6.07) is 0. The summed E-state index contributed by atoms with van der Waals surface area (Å²) in [5, 5.41) is 3.09. The normalized spacial score (nSPS) is 21.7. The van der Waals surface area contributed by atoms with Gasteiger partial charge < -0.3 is 15.0 Å². The third-order valence-electron chi connectivity index (χ3n) is 2.78. The lowest BCUT2D eigenvalue weighted by Crippen LogP contribution is -2.24. The van der Waals surface area contributed by atoms with Crippen molar-refractivity contribution in [2.45, 2.75) is 45.4 Å². The first kappa shape index (κ1) is 10.6. The Hall–Kier alpha value is -0.870. The minimum atomic E-state index is -0.290. The van der Waals surface area contributed by atoms with Gasteiger partial charge in [-0.3, -0.25) is 0 Å². The van der Waals surface area contributed by atoms with Crippen LogP contribution < -0.4 is 5.32 Å². The Kier molecular flexibility index (Phi) is 2.17. The van der Waals surface area contributed by atoms with Gasteiger partial charge in [-0.25, -0.2) is 4.98 Å². The molecule has 0 aliphatic carbocycles. The molecule has 0 saturated heterocycles. The van der Waals surface area contributed by atoms with Crippen LogP contribution in [0.4, 0.5) is 0 Å². The van der Waals surface area contributed by atoms with Crippen LogP contribution in [0, 0.1) is 0 Å². The molecule has 0 atom stereocenters. The van der Waals surface area contributed by atoms with Gasteiger partial charge in [-0.05, 0) is 34.7 Å². The minimum absolute atomic E-state index is 0.266. The van der Waals surface area contributed by atoms with Crippen molar-refractivity contribution in [3.05, 3.63) is 17.2 Å². The zero-order valence-electron chi connectivity index (χ0n) is 10.1. The molecule has 4 nitrogen and oxygen atoms in total. The van der Waals surface area contributed by atoms with E-state index < -0.39 is 0 Å². The molecule has 2 N–H and O–H groups in total. The molecule has 0 fully saturated rings. The van der Waals surface area contributed by atoms with Crippen molar-refractivity contribution in [2.75, 3.05) is 7.05 Å². The van der Waals surface area contributed by atoms with E-state index >= 15 is 0 Å². The number of nitrogens with zero attached hydrogens (tertiary/aromatic N) is 1. The van der Waals surface area contributed by atoms with E-state index in [1.165, 1.54) is 0 Å². The van der Waals surface area contributed by atoms with Crippen LogP contribution in [-0.2, 0) is 22.5 Å². The lowest BCUT2D eigenvalue weighted by molar-refractivity contribution is -0.108. The number of aromatic nitrogens is 2. The molecular weight excluding hydrogens is 190 g/mol. The minimum Gasteiger partial charge on any atom is -0.357 e. The van der Waals surface area contributed by atoms with Crippen molar-refractivity contribution in [3.63, 3.8) is 0 Å². The van der Waals surface area contributed by atoms with E-state index in [1.807, 2.05) is 7.05 Å². The number of hydrogen-bond donors (Lipinski definition) is 2. The van der Waals surface area contributed by atoms with E-state index in [-0.39, 0.29) is 11.2 Å². The van der Waals surface area contributed by atoms with E-state index in [4.69, 9.17) is 4.74 Å². The summed E-state index contributed by atoms with van der Waals surface area (Å²) in [5.41, 5.74) is 1.59. The summed E-state index contributed by atoms with van der Waals surface area (Å²) in [7, 11) is 1.92. The largest absolute Gasteiger partial charge is 0.357 e. The molecule has 1 aromatic rings. The second kappa shape index (κ2) is 3.06. The molecule has 0 amide bonds. The molecule has 0 radical (unpaired) electrons. The summed E-state index contributed by atoms with van der Waals surface area (Å²) >= 11 is 0. The Balaban J connectivity index is 2.46. The Morgan fingerprint density at radius 1 is 1.27 bits per heavy atom. The van der Waals surface area contributed by atoms with Crippen LogP contribution in [0.1, 0.15) is 44.9 Å². The Morgan fingerprint density at radius 2 is 1.93 bits per heavy atom. The van der Waals surface area contributed by atoms with Crippen LogP contribution in [0.5, 0.6) is 0 Å². The van der Waals surface area contributed by atoms with Crippen molar-refractivity contribution >= 4 is 0 Å². The van der Waals surface area contributed by atoms with E-state index in [0.29, 0.717) is 0 Å². The van der Waals surface area contributed by atoms with Gasteiger partial charge in [0.2, 0.25) is 0 Å². The van der Waals surface area contributed by atoms with Crippen molar-refractivity contribution < 1.29 is 4.74 Å². The molecule has 1 aliphatic rings. The van der Waals surface area contributed by atoms with Crippen LogP contribution in [0.3, 0.4) is 0 Å². The number of H-pyrrole nitrogens is 1. The first-order chi connectivity index (χ1) is 6.87. The molecule has 0 aromatic carbocycles. The quantitative estimate of drug-likeness (QED) is 0.778. The molecule has 0 bridgehead atoms. The van der Waals surface area contributed by atoms with Gasteiger partial charge >= 0.3 is 0 Å². The number of hydrogen-bond acceptors (Lipinski definition) is 3. The highest BCUT2D eigenvalue weighted by Crippen LogP contribution is 2.44. The third kappa shape index (κ3) is 1.58. The van der Waals surface area contributed by atoms with Gasteiger partial charge in [-0.2, -0.15) is 0 Å². The molecule has 1 aromatic heterocycles. The third-order valence-corrected chi connectivity index (χ3v) is 2.78. The van der Waals surface area contributed by atoms with Gasteiger partial charge in [0.05, 0.1) is 17.9 Å². The van der Waals surface area contributed by atoms with E-state index in [0.717, 1.165) is 23.8 Å². The molecule has 0 unspecified atom stereocenters. The zero-order chi connectivity index (χ0) is 11.3. The second-order valence-electron chi connectivity index (χ2n) is 5.06. The summed E-state index contributed by atoms with van der Waals surface area (Å²) in [4.78, 5) is 7.93. The SMILES string of the molecule is CNCc1nc2c([nH]1)C(C)(C)OC2(C)C. The van der Waals surface area contributed by atoms with Crippen LogP contribution >= 0.6 is 0 Å². The van der Waals surface area contributed by atoms with Gasteiger partial charge in [0.25, 0.3) is 0 Å². The molecule has 2 heterocycles. The van der Waals surface area contributed by atoms with Gasteiger partial charge in [0.15, 0.2) is 0 Å². The number of rotatable bonds is 2. The number of fused-ring (bicyclic) bond motifs is 1. The molecule has 1 aliphatic heterocycles. The maximum absolute atomic E-state index is 5.97. The zero-order valence-corrected chi connectivity index (χ0v) is 10.1. The number of ether oxygens (including phenoxy) is 1. The van der Waals surface area contributed by atoms with Crippen molar-refractivity contribution in [1.29, 1.82) is 0 Å². The van der Waals surface area contributed by atoms with Crippen molar-refractivity contribution in [3.8, 4) is 0 Å². The Labute approximate surface area is 90.4 Å². The summed E-state index contributed by atoms with van der Waals surface area (Å²) in [6.07, 6.45) is 0. The van der Waals surface area contributed by atoms with E-state index in [1.54, 1.807) is 0 Å². The topological polar surface area (TPSA) is 49.9 Å². The molecule has 84 valence electrons. The predicted molar refractivity (Wildman–Crippen MR) is 58.5 cm³/mol. The molecule has 15 heavy (non-hydrogen) atoms. The Morgan fingerprint density at radius 3 is 2.47 bits per heavy atom. The smallest absolute Gasteiger partial charge is 0.120 e. The maximum Gasteiger partial charge on any atom is 0.120 e. The summed E-state index contributed by atoms with van der Waals surface area (Å²) < 4.78 is 5.97. The molecule has 4 heteroatoms. The first-order valence-corrected chi connectivity index (χ1v) is 5.31. The Bertz CT molecular complexity index is 348. The van der Waals surface area contributed by atoms with Gasteiger partial charge in [-0.15, -0.1) is 0 Å². The first-order valence-electron chi connectivity index (χ1n) is 5.31. The maximum atomic E-state index is 5.97. The van der Waals surface area contributed by atoms with Crippen LogP contribution in [0.2, 0.25) is 0 Å². The lowest BCUT2D eigenvalue weighted by atomic mass is 10.0. The van der Waals surface area contributed by atoms with Gasteiger partial charge in [0.1, 0.15) is 17.0 Å². The monoisotopic (exact) mass is 209 g/mol. The average molecular weight is 209 g/mol. The lowest BCUT2D eigenvalue weighted by Gasteiger charge is -2.24. The fraction of sp³-hybridized carbons (Fsp3) is 0.727. The number of nitrogens with one attached hydrogen (secondary N) is 2. The molecule has 2 rings (SSSR count). The number of aromatic amines is 1. The molecule has 0 spiro atoms. The van der Waals surface area contributed by atoms with Crippen LogP contribution in [0.25, 0.3) is 0 Å². The molecule has 0 saturated carbocycles. The highest BCUT2D eigenvalue weighted by atomic mass is 16.5. The van der Waals surface area contributed by atoms with Gasteiger partial charge in [-0.1, -0.05) is 0 Å². The second-order valence-corrected chi connectivity index (χ2v) is 5.06. The summed E-state index contributed by atoms with van der Waals surface area (Å²) in [6.45, 7) is 9.03. The van der Waals surface area contributed by atoms with Crippen LogP contribution in [0.15, 0.2) is 0 Å². The average Bonchev–Trinajstić information content (AvgIpc) is 2.53. The van der Waals surface area contributed by atoms with Crippen molar-refractivity contribution in [1.82, 2.24) is 15.3 Å². The highest BCUT2D eigenvalue weighted by Gasteiger charge is 2.46. The highest BCUT2D eigenvalue weighted by molar-refractivity contribution is 5.30. The predicted octanol–water partition coefficient (Wildman–Crippen LogP) is 1.63. The van der Waals surface area contributed by atoms with E-state index in [9.17, 15) is 0 Å². The standard InChI is InChI=1S/C11H19N3O/c1-10(2)8-9(11(3,4)15-10)14-7(13-8)6-12-5/h12H,6H2,1-5H3,(H,13,14). The summed E-state index contributed by atoms with van der Waals surface area (Å²) in [5.74, 6) is 0.979. The van der Waals surface area contributed by atoms with Crippen molar-refractivity contribution in [2.24, 2.45) is 0 Å². The fourth-order valence-corrected chi connectivity index (χ4v) is 2.28. The molecular formula is C11H19N3O. The number of imidazole rings is 1.